The molecule has 28 heavy (non-hydrogen) atoms. The summed E-state index contributed by atoms with van der Waals surface area (Å²) in [6.07, 6.45) is -1.63. The molecule has 0 amide bonds. The van der Waals surface area contributed by atoms with Gasteiger partial charge in [0.2, 0.25) is 5.06 Å². The van der Waals surface area contributed by atoms with Crippen LogP contribution in [0.3, 0.4) is 0 Å². The molecule has 1 heterocycles. The highest BCUT2D eigenvalue weighted by Crippen LogP contribution is 2.42. The molecule has 0 bridgehead atoms. The maximum atomic E-state index is 13.9. The van der Waals surface area contributed by atoms with Gasteiger partial charge in [-0.2, -0.15) is 0 Å². The van der Waals surface area contributed by atoms with Gasteiger partial charge in [-0.3, -0.25) is 4.72 Å². The number of ether oxygens (including phenoxy) is 1. The smallest absolute Gasteiger partial charge is 0.449 e. The highest BCUT2D eigenvalue weighted by molar-refractivity contribution is 7.92. The van der Waals surface area contributed by atoms with Crippen molar-refractivity contribution in [2.75, 3.05) is 4.72 Å². The lowest BCUT2D eigenvalue weighted by Crippen LogP contribution is -2.15. The number of aryl methyl sites for hydroxylation is 1. The van der Waals surface area contributed by atoms with E-state index in [-0.39, 0.29) is 10.8 Å². The van der Waals surface area contributed by atoms with E-state index in [4.69, 9.17) is 5.11 Å². The van der Waals surface area contributed by atoms with Crippen molar-refractivity contribution >= 4 is 33.2 Å². The molecule has 10 heteroatoms. The summed E-state index contributed by atoms with van der Waals surface area (Å²) in [5, 5.41) is 8.68. The molecule has 3 rings (SSSR count). The minimum atomic E-state index is -4.45. The Morgan fingerprint density at radius 3 is 2.39 bits per heavy atom. The summed E-state index contributed by atoms with van der Waals surface area (Å²) in [6.45, 7) is 1.90. The lowest BCUT2D eigenvalue weighted by atomic mass is 10.1. The molecule has 0 saturated carbocycles. The minimum absolute atomic E-state index is 0.174. The molecule has 0 fully saturated rings. The largest absolute Gasteiger partial charge is 0.512 e. The van der Waals surface area contributed by atoms with Gasteiger partial charge in [-0.05, 0) is 30.7 Å². The van der Waals surface area contributed by atoms with E-state index >= 15 is 0 Å². The first-order chi connectivity index (χ1) is 13.2. The first kappa shape index (κ1) is 19.8. The Hall–Kier alpha value is -2.98. The molecule has 0 atom stereocenters. The fourth-order valence-electron chi connectivity index (χ4n) is 2.35. The van der Waals surface area contributed by atoms with Crippen molar-refractivity contribution < 1.29 is 31.8 Å². The number of benzene rings is 2. The van der Waals surface area contributed by atoms with Gasteiger partial charge in [0, 0.05) is 10.9 Å². The Kier molecular flexibility index (Phi) is 5.34. The number of carbonyl (C=O) groups is 1. The molecular formula is C18H13F2NO5S2. The van der Waals surface area contributed by atoms with E-state index in [9.17, 15) is 22.0 Å². The number of rotatable bonds is 5. The molecule has 3 aromatic rings. The average molecular weight is 425 g/mol. The van der Waals surface area contributed by atoms with Crippen LogP contribution in [-0.2, 0) is 10.0 Å². The fraction of sp³-hybridized carbons (Fsp3) is 0.0556. The van der Waals surface area contributed by atoms with Crippen LogP contribution in [0.25, 0.3) is 10.4 Å². The van der Waals surface area contributed by atoms with E-state index in [0.29, 0.717) is 16.5 Å². The Labute approximate surface area is 163 Å². The summed E-state index contributed by atoms with van der Waals surface area (Å²) >= 11 is 0.906. The molecule has 0 unspecified atom stereocenters. The quantitative estimate of drug-likeness (QED) is 0.570. The van der Waals surface area contributed by atoms with Crippen molar-refractivity contribution in [3.05, 3.63) is 65.7 Å². The van der Waals surface area contributed by atoms with Crippen LogP contribution in [-0.4, -0.2) is 19.7 Å². The SMILES string of the molecule is Cc1ccc(-c2cc(NS(=O)(=O)c3ccc(F)cc3F)c(OC(=O)O)s2)cc1. The summed E-state index contributed by atoms with van der Waals surface area (Å²) in [4.78, 5) is 10.7. The zero-order chi connectivity index (χ0) is 20.5. The maximum absolute atomic E-state index is 13.9. The molecular weight excluding hydrogens is 412 g/mol. The second-order valence-corrected chi connectivity index (χ2v) is 8.39. The average Bonchev–Trinajstić information content (AvgIpc) is 2.96. The summed E-state index contributed by atoms with van der Waals surface area (Å²) in [7, 11) is -4.45. The molecule has 0 spiro atoms. The standard InChI is InChI=1S/C18H13F2NO5S2/c1-10-2-4-11(5-3-10)15-9-14(17(27-15)26-18(22)23)21-28(24,25)16-7-6-12(19)8-13(16)20/h2-9,21H,1H3,(H,22,23). The third kappa shape index (κ3) is 4.29. The second-order valence-electron chi connectivity index (χ2n) is 5.73. The van der Waals surface area contributed by atoms with Crippen LogP contribution in [0.2, 0.25) is 0 Å². The summed E-state index contributed by atoms with van der Waals surface area (Å²) < 4.78 is 58.7. The Morgan fingerprint density at radius 1 is 1.11 bits per heavy atom. The van der Waals surface area contributed by atoms with Gasteiger partial charge in [0.25, 0.3) is 10.0 Å². The second kappa shape index (κ2) is 7.56. The third-order valence-corrected chi connectivity index (χ3v) is 6.10. The normalized spacial score (nSPS) is 11.2. The van der Waals surface area contributed by atoms with Crippen LogP contribution in [0.15, 0.2) is 53.4 Å². The zero-order valence-electron chi connectivity index (χ0n) is 14.3. The molecule has 0 aliphatic carbocycles. The van der Waals surface area contributed by atoms with Crippen molar-refractivity contribution in [2.45, 2.75) is 11.8 Å². The van der Waals surface area contributed by atoms with E-state index in [0.717, 1.165) is 29.0 Å². The van der Waals surface area contributed by atoms with Gasteiger partial charge in [-0.25, -0.2) is 22.0 Å². The van der Waals surface area contributed by atoms with E-state index in [1.54, 1.807) is 12.1 Å². The molecule has 2 N–H and O–H groups in total. The third-order valence-electron chi connectivity index (χ3n) is 3.64. The van der Waals surface area contributed by atoms with Gasteiger partial charge >= 0.3 is 6.16 Å². The number of anilines is 1. The molecule has 6 nitrogen and oxygen atoms in total. The number of hydrogen-bond donors (Lipinski definition) is 2. The Bertz CT molecular complexity index is 1140. The zero-order valence-corrected chi connectivity index (χ0v) is 15.9. The predicted molar refractivity (Wildman–Crippen MR) is 100 cm³/mol. The van der Waals surface area contributed by atoms with Gasteiger partial charge in [0.15, 0.2) is 0 Å². The highest BCUT2D eigenvalue weighted by atomic mass is 32.2. The Morgan fingerprint density at radius 2 is 1.79 bits per heavy atom. The van der Waals surface area contributed by atoms with Crippen molar-refractivity contribution in [3.8, 4) is 15.5 Å². The lowest BCUT2D eigenvalue weighted by Gasteiger charge is -2.08. The summed E-state index contributed by atoms with van der Waals surface area (Å²) in [5.41, 5.74) is 1.55. The van der Waals surface area contributed by atoms with Gasteiger partial charge in [0.1, 0.15) is 22.2 Å². The Balaban J connectivity index is 2.02. The number of carboxylic acid groups (broad SMARTS) is 1. The number of nitrogens with one attached hydrogen (secondary N) is 1. The first-order valence-electron chi connectivity index (χ1n) is 7.75. The molecule has 0 aliphatic rings. The van der Waals surface area contributed by atoms with Crippen LogP contribution in [0.4, 0.5) is 19.3 Å². The molecule has 146 valence electrons. The highest BCUT2D eigenvalue weighted by Gasteiger charge is 2.24. The summed E-state index contributed by atoms with van der Waals surface area (Å²) in [6, 6.07) is 10.6. The van der Waals surface area contributed by atoms with Crippen LogP contribution < -0.4 is 9.46 Å². The van der Waals surface area contributed by atoms with Gasteiger partial charge < -0.3 is 9.84 Å². The first-order valence-corrected chi connectivity index (χ1v) is 10.1. The summed E-state index contributed by atoms with van der Waals surface area (Å²) in [5.74, 6) is -2.20. The monoisotopic (exact) mass is 425 g/mol. The van der Waals surface area contributed by atoms with Gasteiger partial charge in [-0.1, -0.05) is 41.2 Å². The van der Waals surface area contributed by atoms with Crippen molar-refractivity contribution in [1.82, 2.24) is 0 Å². The van der Waals surface area contributed by atoms with Crippen LogP contribution in [0, 0.1) is 18.6 Å². The van der Waals surface area contributed by atoms with Crippen LogP contribution in [0.1, 0.15) is 5.56 Å². The number of halogens is 2. The number of sulfonamides is 1. The number of thiophene rings is 1. The fourth-order valence-corrected chi connectivity index (χ4v) is 4.50. The van der Waals surface area contributed by atoms with Crippen molar-refractivity contribution in [3.63, 3.8) is 0 Å². The van der Waals surface area contributed by atoms with E-state index in [2.05, 4.69) is 9.46 Å². The van der Waals surface area contributed by atoms with E-state index < -0.39 is 32.7 Å². The molecule has 1 aromatic heterocycles. The van der Waals surface area contributed by atoms with E-state index in [1.807, 2.05) is 19.1 Å². The van der Waals surface area contributed by atoms with Crippen molar-refractivity contribution in [2.24, 2.45) is 0 Å². The van der Waals surface area contributed by atoms with E-state index in [1.165, 1.54) is 6.07 Å². The van der Waals surface area contributed by atoms with Crippen LogP contribution >= 0.6 is 11.3 Å². The van der Waals surface area contributed by atoms with Crippen molar-refractivity contribution in [1.29, 1.82) is 0 Å². The molecule has 0 aliphatic heterocycles. The molecule has 2 aromatic carbocycles. The lowest BCUT2D eigenvalue weighted by molar-refractivity contribution is 0.146. The predicted octanol–water partition coefficient (Wildman–Crippen LogP) is 4.86. The van der Waals surface area contributed by atoms with Gasteiger partial charge in [-0.15, -0.1) is 0 Å². The topological polar surface area (TPSA) is 92.7 Å². The van der Waals surface area contributed by atoms with Gasteiger partial charge in [0.05, 0.1) is 0 Å². The number of hydrogen-bond acceptors (Lipinski definition) is 5. The molecule has 0 radical (unpaired) electrons. The molecule has 0 saturated heterocycles. The maximum Gasteiger partial charge on any atom is 0.512 e. The van der Waals surface area contributed by atoms with Crippen LogP contribution in [0.5, 0.6) is 5.06 Å². The minimum Gasteiger partial charge on any atom is -0.449 e.